The van der Waals surface area contributed by atoms with Gasteiger partial charge in [0.15, 0.2) is 0 Å². The normalized spacial score (nSPS) is 13.4. The Hall–Kier alpha value is -3.30. The molecule has 4 rings (SSSR count). The highest BCUT2D eigenvalue weighted by Crippen LogP contribution is 2.30. The number of aryl methyl sites for hydroxylation is 2. The zero-order valence-electron chi connectivity index (χ0n) is 18.6. The van der Waals surface area contributed by atoms with Crippen LogP contribution in [0.2, 0.25) is 0 Å². The first-order chi connectivity index (χ1) is 15.6. The summed E-state index contributed by atoms with van der Waals surface area (Å²) in [7, 11) is -3.92. The number of sulfonamides is 1. The standard InChI is InChI=1S/C24H26N4O4S/c1-15-7-3-6-10-20(15)26-22(29)14-28-24(30)19-9-5-4-8-18(19)23(27-28)17-12-11-16(2)21(13-17)33(25,31)32/h3,6-7,10-13H,4-5,8-9,14H2,1-2H3,(H,26,29)(H2,25,31,32). The summed E-state index contributed by atoms with van der Waals surface area (Å²) in [6, 6.07) is 12.3. The molecule has 3 aromatic rings. The molecule has 0 radical (unpaired) electrons. The lowest BCUT2D eigenvalue weighted by Gasteiger charge is -2.21. The first-order valence-corrected chi connectivity index (χ1v) is 12.3. The van der Waals surface area contributed by atoms with Gasteiger partial charge < -0.3 is 5.32 Å². The molecule has 0 atom stereocenters. The number of anilines is 1. The number of hydrogen-bond donors (Lipinski definition) is 2. The molecule has 0 saturated heterocycles. The number of benzene rings is 2. The number of rotatable bonds is 5. The van der Waals surface area contributed by atoms with Crippen molar-refractivity contribution in [2.24, 2.45) is 5.14 Å². The highest BCUT2D eigenvalue weighted by atomic mass is 32.2. The Morgan fingerprint density at radius 1 is 1.06 bits per heavy atom. The quantitative estimate of drug-likeness (QED) is 0.598. The maximum Gasteiger partial charge on any atom is 0.270 e. The van der Waals surface area contributed by atoms with E-state index >= 15 is 0 Å². The molecule has 33 heavy (non-hydrogen) atoms. The third kappa shape index (κ3) is 4.74. The van der Waals surface area contributed by atoms with Gasteiger partial charge in [0.25, 0.3) is 5.56 Å². The van der Waals surface area contributed by atoms with Crippen LogP contribution in [0, 0.1) is 13.8 Å². The SMILES string of the molecule is Cc1ccccc1NC(=O)Cn1nc(-c2ccc(C)c(S(N)(=O)=O)c2)c2c(c1=O)CCCC2. The molecular formula is C24H26N4O4S. The monoisotopic (exact) mass is 466 g/mol. The van der Waals surface area contributed by atoms with Crippen LogP contribution in [0.25, 0.3) is 11.3 Å². The van der Waals surface area contributed by atoms with Gasteiger partial charge in [0.1, 0.15) is 6.54 Å². The molecular weight excluding hydrogens is 440 g/mol. The first kappa shape index (κ1) is 22.9. The summed E-state index contributed by atoms with van der Waals surface area (Å²) in [4.78, 5) is 25.9. The average molecular weight is 467 g/mol. The van der Waals surface area contributed by atoms with Crippen molar-refractivity contribution >= 4 is 21.6 Å². The van der Waals surface area contributed by atoms with E-state index < -0.39 is 10.0 Å². The summed E-state index contributed by atoms with van der Waals surface area (Å²) in [5, 5.41) is 12.7. The Labute approximate surface area is 192 Å². The Morgan fingerprint density at radius 3 is 2.45 bits per heavy atom. The summed E-state index contributed by atoms with van der Waals surface area (Å²) < 4.78 is 25.3. The molecule has 1 aromatic heterocycles. The fourth-order valence-electron chi connectivity index (χ4n) is 4.22. The summed E-state index contributed by atoms with van der Waals surface area (Å²) in [6.45, 7) is 3.31. The maximum atomic E-state index is 13.1. The number of aromatic nitrogens is 2. The lowest BCUT2D eigenvalue weighted by Crippen LogP contribution is -2.34. The van der Waals surface area contributed by atoms with E-state index in [0.29, 0.717) is 40.9 Å². The zero-order chi connectivity index (χ0) is 23.8. The lowest BCUT2D eigenvalue weighted by molar-refractivity contribution is -0.117. The molecule has 1 aliphatic carbocycles. The van der Waals surface area contributed by atoms with E-state index in [4.69, 9.17) is 5.14 Å². The van der Waals surface area contributed by atoms with Gasteiger partial charge in [-0.25, -0.2) is 18.2 Å². The van der Waals surface area contributed by atoms with Crippen LogP contribution < -0.4 is 16.0 Å². The topological polar surface area (TPSA) is 124 Å². The third-order valence-electron chi connectivity index (χ3n) is 5.95. The number of carbonyl (C=O) groups is 1. The number of nitrogens with zero attached hydrogens (tertiary/aromatic N) is 2. The second kappa shape index (κ2) is 8.92. The van der Waals surface area contributed by atoms with Crippen molar-refractivity contribution in [1.29, 1.82) is 0 Å². The number of para-hydroxylation sites is 1. The number of hydrogen-bond acceptors (Lipinski definition) is 5. The number of primary sulfonamides is 1. The summed E-state index contributed by atoms with van der Waals surface area (Å²) in [6.07, 6.45) is 3.04. The van der Waals surface area contributed by atoms with Crippen LogP contribution in [0.3, 0.4) is 0 Å². The van der Waals surface area contributed by atoms with Gasteiger partial charge in [-0.2, -0.15) is 5.10 Å². The van der Waals surface area contributed by atoms with Gasteiger partial charge in [-0.05, 0) is 68.4 Å². The highest BCUT2D eigenvalue weighted by molar-refractivity contribution is 7.89. The van der Waals surface area contributed by atoms with Gasteiger partial charge in [0.2, 0.25) is 15.9 Å². The van der Waals surface area contributed by atoms with E-state index in [9.17, 15) is 18.0 Å². The minimum atomic E-state index is -3.92. The Balaban J connectivity index is 1.78. The van der Waals surface area contributed by atoms with Crippen LogP contribution in [0.5, 0.6) is 0 Å². The smallest absolute Gasteiger partial charge is 0.270 e. The van der Waals surface area contributed by atoms with Crippen molar-refractivity contribution in [1.82, 2.24) is 9.78 Å². The number of fused-ring (bicyclic) bond motifs is 1. The Morgan fingerprint density at radius 2 is 1.76 bits per heavy atom. The van der Waals surface area contributed by atoms with E-state index in [1.54, 1.807) is 25.1 Å². The van der Waals surface area contributed by atoms with Crippen LogP contribution in [-0.4, -0.2) is 24.1 Å². The Kier molecular flexibility index (Phi) is 6.18. The van der Waals surface area contributed by atoms with Crippen molar-refractivity contribution in [3.63, 3.8) is 0 Å². The summed E-state index contributed by atoms with van der Waals surface area (Å²) >= 11 is 0. The van der Waals surface area contributed by atoms with Crippen LogP contribution in [0.1, 0.15) is 35.1 Å². The number of nitrogens with two attached hydrogens (primary N) is 1. The molecule has 8 nitrogen and oxygen atoms in total. The van der Waals surface area contributed by atoms with Gasteiger partial charge in [-0.3, -0.25) is 9.59 Å². The minimum absolute atomic E-state index is 0.0152. The van der Waals surface area contributed by atoms with Crippen molar-refractivity contribution in [2.45, 2.75) is 51.0 Å². The largest absolute Gasteiger partial charge is 0.324 e. The van der Waals surface area contributed by atoms with E-state index in [0.717, 1.165) is 24.0 Å². The minimum Gasteiger partial charge on any atom is -0.324 e. The van der Waals surface area contributed by atoms with Crippen LogP contribution >= 0.6 is 0 Å². The molecule has 1 aliphatic rings. The zero-order valence-corrected chi connectivity index (χ0v) is 19.4. The van der Waals surface area contributed by atoms with E-state index in [2.05, 4.69) is 10.4 Å². The van der Waals surface area contributed by atoms with Crippen molar-refractivity contribution in [2.75, 3.05) is 5.32 Å². The molecule has 9 heteroatoms. The fraction of sp³-hybridized carbons (Fsp3) is 0.292. The molecule has 0 spiro atoms. The van der Waals surface area contributed by atoms with Crippen molar-refractivity contribution in [3.8, 4) is 11.3 Å². The van der Waals surface area contributed by atoms with Gasteiger partial charge >= 0.3 is 0 Å². The average Bonchev–Trinajstić information content (AvgIpc) is 2.77. The predicted molar refractivity (Wildman–Crippen MR) is 126 cm³/mol. The molecule has 2 aromatic carbocycles. The number of nitrogens with one attached hydrogen (secondary N) is 1. The van der Waals surface area contributed by atoms with Gasteiger partial charge in [0.05, 0.1) is 10.6 Å². The second-order valence-corrected chi connectivity index (χ2v) is 9.89. The van der Waals surface area contributed by atoms with Gasteiger partial charge in [0, 0.05) is 16.8 Å². The number of carbonyl (C=O) groups excluding carboxylic acids is 1. The lowest BCUT2D eigenvalue weighted by atomic mass is 9.89. The molecule has 0 saturated carbocycles. The maximum absolute atomic E-state index is 13.1. The highest BCUT2D eigenvalue weighted by Gasteiger charge is 2.23. The van der Waals surface area contributed by atoms with Crippen molar-refractivity contribution in [3.05, 3.63) is 75.1 Å². The third-order valence-corrected chi connectivity index (χ3v) is 7.00. The van der Waals surface area contributed by atoms with Crippen LogP contribution in [-0.2, 0) is 34.2 Å². The number of amides is 1. The molecule has 0 unspecified atom stereocenters. The molecule has 3 N–H and O–H groups in total. The summed E-state index contributed by atoms with van der Waals surface area (Å²) in [5.74, 6) is -0.366. The first-order valence-electron chi connectivity index (χ1n) is 10.8. The van der Waals surface area contributed by atoms with Gasteiger partial charge in [-0.15, -0.1) is 0 Å². The van der Waals surface area contributed by atoms with E-state index in [1.165, 1.54) is 10.7 Å². The summed E-state index contributed by atoms with van der Waals surface area (Å²) in [5.41, 5.74) is 4.33. The fourth-order valence-corrected chi connectivity index (χ4v) is 5.02. The van der Waals surface area contributed by atoms with Crippen molar-refractivity contribution < 1.29 is 13.2 Å². The van der Waals surface area contributed by atoms with Crippen LogP contribution in [0.4, 0.5) is 5.69 Å². The Bertz CT molecular complexity index is 1410. The van der Waals surface area contributed by atoms with E-state index in [1.807, 2.05) is 25.1 Å². The second-order valence-electron chi connectivity index (χ2n) is 8.36. The van der Waals surface area contributed by atoms with E-state index in [-0.39, 0.29) is 22.9 Å². The van der Waals surface area contributed by atoms with Crippen LogP contribution in [0.15, 0.2) is 52.2 Å². The van der Waals surface area contributed by atoms with Gasteiger partial charge in [-0.1, -0.05) is 30.3 Å². The molecule has 0 fully saturated rings. The molecule has 0 bridgehead atoms. The predicted octanol–water partition coefficient (Wildman–Crippen LogP) is 2.69. The molecule has 172 valence electrons. The molecule has 0 aliphatic heterocycles. The molecule has 1 amide bonds. The molecule has 1 heterocycles.